The zero-order valence-corrected chi connectivity index (χ0v) is 11.8. The van der Waals surface area contributed by atoms with E-state index in [0.717, 1.165) is 31.3 Å². The molecule has 102 valence electrons. The summed E-state index contributed by atoms with van der Waals surface area (Å²) in [5, 5.41) is 0. The van der Waals surface area contributed by atoms with Crippen LogP contribution < -0.4 is 5.73 Å². The summed E-state index contributed by atoms with van der Waals surface area (Å²) in [6.07, 6.45) is 7.71. The van der Waals surface area contributed by atoms with Gasteiger partial charge in [-0.15, -0.1) is 24.8 Å². The first kappa shape index (κ1) is 15.5. The monoisotopic (exact) mass is 282 g/mol. The molecule has 0 aromatic heterocycles. The number of hydrogen-bond donors (Lipinski definition) is 1. The van der Waals surface area contributed by atoms with Crippen LogP contribution in [0.15, 0.2) is 0 Å². The Morgan fingerprint density at radius 2 is 1.35 bits per heavy atom. The van der Waals surface area contributed by atoms with Gasteiger partial charge in [0.05, 0.1) is 0 Å². The van der Waals surface area contributed by atoms with Gasteiger partial charge in [0, 0.05) is 37.4 Å². The van der Waals surface area contributed by atoms with E-state index in [-0.39, 0.29) is 24.8 Å². The number of hydrogen-bond acceptors (Lipinski definition) is 3. The van der Waals surface area contributed by atoms with Crippen LogP contribution in [0.4, 0.5) is 0 Å². The van der Waals surface area contributed by atoms with Crippen molar-refractivity contribution in [1.29, 1.82) is 0 Å². The Balaban J connectivity index is 0.000000722. The highest BCUT2D eigenvalue weighted by Gasteiger charge is 2.42. The lowest BCUT2D eigenvalue weighted by atomic mass is 9.94. The van der Waals surface area contributed by atoms with Gasteiger partial charge in [-0.3, -0.25) is 4.90 Å². The lowest BCUT2D eigenvalue weighted by Crippen LogP contribution is -2.53. The van der Waals surface area contributed by atoms with E-state index in [2.05, 4.69) is 4.90 Å². The van der Waals surface area contributed by atoms with E-state index in [9.17, 15) is 0 Å². The van der Waals surface area contributed by atoms with Crippen molar-refractivity contribution in [2.45, 2.75) is 62.7 Å². The van der Waals surface area contributed by atoms with Crippen molar-refractivity contribution >= 4 is 24.8 Å². The highest BCUT2D eigenvalue weighted by atomic mass is 35.5. The Bertz CT molecular complexity index is 223. The summed E-state index contributed by atoms with van der Waals surface area (Å²) in [6, 6.07) is 2.85. The van der Waals surface area contributed by atoms with Crippen molar-refractivity contribution in [1.82, 2.24) is 4.90 Å². The Labute approximate surface area is 116 Å². The average molecular weight is 283 g/mol. The topological polar surface area (TPSA) is 38.5 Å². The third-order valence-corrected chi connectivity index (χ3v) is 4.44. The number of piperidine rings is 1. The molecule has 0 aromatic rings. The fourth-order valence-corrected chi connectivity index (χ4v) is 3.83. The Morgan fingerprint density at radius 3 is 1.88 bits per heavy atom. The van der Waals surface area contributed by atoms with Gasteiger partial charge in [-0.2, -0.15) is 0 Å². The van der Waals surface area contributed by atoms with Gasteiger partial charge in [0.1, 0.15) is 0 Å². The van der Waals surface area contributed by atoms with Crippen LogP contribution in [0.25, 0.3) is 0 Å². The molecule has 2 unspecified atom stereocenters. The predicted molar refractivity (Wildman–Crippen MR) is 74.2 cm³/mol. The molecule has 17 heavy (non-hydrogen) atoms. The third kappa shape index (κ3) is 3.07. The highest BCUT2D eigenvalue weighted by Crippen LogP contribution is 2.38. The molecule has 2 atom stereocenters. The number of halogens is 2. The van der Waals surface area contributed by atoms with Crippen LogP contribution >= 0.6 is 24.8 Å². The molecule has 0 saturated carbocycles. The molecule has 3 aliphatic rings. The molecule has 2 bridgehead atoms. The zero-order valence-electron chi connectivity index (χ0n) is 10.2. The molecule has 3 aliphatic heterocycles. The van der Waals surface area contributed by atoms with E-state index in [4.69, 9.17) is 10.5 Å². The summed E-state index contributed by atoms with van der Waals surface area (Å²) in [7, 11) is 0. The Hall–Kier alpha value is 0.460. The summed E-state index contributed by atoms with van der Waals surface area (Å²) < 4.78 is 5.45. The van der Waals surface area contributed by atoms with E-state index in [1.807, 2.05) is 0 Å². The average Bonchev–Trinajstić information content (AvgIpc) is 2.53. The van der Waals surface area contributed by atoms with Crippen molar-refractivity contribution in [3.05, 3.63) is 0 Å². The van der Waals surface area contributed by atoms with Gasteiger partial charge in [0.25, 0.3) is 0 Å². The largest absolute Gasteiger partial charge is 0.381 e. The minimum Gasteiger partial charge on any atom is -0.381 e. The molecule has 2 N–H and O–H groups in total. The second-order valence-electron chi connectivity index (χ2n) is 5.41. The van der Waals surface area contributed by atoms with Crippen LogP contribution in [0.5, 0.6) is 0 Å². The standard InChI is InChI=1S/C12H22N2O.2ClH/c13-9-7-11-1-2-12(8-9)14(11)10-3-5-15-6-4-10;;/h9-12H,1-8,13H2;2*1H. The van der Waals surface area contributed by atoms with Crippen molar-refractivity contribution < 1.29 is 4.74 Å². The maximum absolute atomic E-state index is 6.10. The van der Waals surface area contributed by atoms with Gasteiger partial charge >= 0.3 is 0 Å². The molecule has 0 radical (unpaired) electrons. The molecule has 5 heteroatoms. The number of rotatable bonds is 1. The molecular weight excluding hydrogens is 259 g/mol. The van der Waals surface area contributed by atoms with Gasteiger partial charge in [-0.25, -0.2) is 0 Å². The van der Waals surface area contributed by atoms with Crippen LogP contribution in [0.2, 0.25) is 0 Å². The van der Waals surface area contributed by atoms with E-state index >= 15 is 0 Å². The summed E-state index contributed by atoms with van der Waals surface area (Å²) in [4.78, 5) is 2.80. The SMILES string of the molecule is Cl.Cl.NC1CC2CCC(C1)N2C1CCOCC1. The minimum atomic E-state index is 0. The zero-order chi connectivity index (χ0) is 10.3. The molecule has 0 aromatic carbocycles. The first-order chi connectivity index (χ1) is 7.34. The lowest BCUT2D eigenvalue weighted by Gasteiger charge is -2.44. The van der Waals surface area contributed by atoms with Crippen LogP contribution in [-0.2, 0) is 4.74 Å². The van der Waals surface area contributed by atoms with Crippen molar-refractivity contribution in [3.8, 4) is 0 Å². The third-order valence-electron chi connectivity index (χ3n) is 4.44. The quantitative estimate of drug-likeness (QED) is 0.799. The Kier molecular flexibility index (Phi) is 6.00. The van der Waals surface area contributed by atoms with Crippen LogP contribution in [0.1, 0.15) is 38.5 Å². The highest BCUT2D eigenvalue weighted by molar-refractivity contribution is 5.85. The van der Waals surface area contributed by atoms with Crippen LogP contribution in [0, 0.1) is 0 Å². The van der Waals surface area contributed by atoms with Gasteiger partial charge in [-0.05, 0) is 38.5 Å². The number of ether oxygens (including phenoxy) is 1. The lowest BCUT2D eigenvalue weighted by molar-refractivity contribution is -0.00238. The smallest absolute Gasteiger partial charge is 0.0480 e. The summed E-state index contributed by atoms with van der Waals surface area (Å²) in [5.74, 6) is 0. The molecule has 3 saturated heterocycles. The van der Waals surface area contributed by atoms with E-state index in [1.54, 1.807) is 0 Å². The second-order valence-corrected chi connectivity index (χ2v) is 5.41. The van der Waals surface area contributed by atoms with Crippen molar-refractivity contribution in [2.24, 2.45) is 5.73 Å². The van der Waals surface area contributed by atoms with Crippen molar-refractivity contribution in [3.63, 3.8) is 0 Å². The second kappa shape index (κ2) is 6.58. The number of nitrogens with two attached hydrogens (primary N) is 1. The van der Waals surface area contributed by atoms with Crippen molar-refractivity contribution in [2.75, 3.05) is 13.2 Å². The Morgan fingerprint density at radius 1 is 0.824 bits per heavy atom. The van der Waals surface area contributed by atoms with Crippen LogP contribution in [0.3, 0.4) is 0 Å². The molecule has 3 rings (SSSR count). The first-order valence-corrected chi connectivity index (χ1v) is 6.45. The molecule has 0 spiro atoms. The predicted octanol–water partition coefficient (Wildman–Crippen LogP) is 1.96. The normalized spacial score (nSPS) is 38.3. The van der Waals surface area contributed by atoms with E-state index in [0.29, 0.717) is 6.04 Å². The number of fused-ring (bicyclic) bond motifs is 2. The maximum atomic E-state index is 6.10. The minimum absolute atomic E-state index is 0. The molecular formula is C12H24Cl2N2O. The molecule has 3 nitrogen and oxygen atoms in total. The van der Waals surface area contributed by atoms with Gasteiger partial charge in [-0.1, -0.05) is 0 Å². The summed E-state index contributed by atoms with van der Waals surface area (Å²) in [6.45, 7) is 1.93. The first-order valence-electron chi connectivity index (χ1n) is 6.45. The maximum Gasteiger partial charge on any atom is 0.0480 e. The molecule has 0 aliphatic carbocycles. The molecule has 3 heterocycles. The van der Waals surface area contributed by atoms with E-state index < -0.39 is 0 Å². The molecule has 0 amide bonds. The van der Waals surface area contributed by atoms with Gasteiger partial charge < -0.3 is 10.5 Å². The summed E-state index contributed by atoms with van der Waals surface area (Å²) in [5.41, 5.74) is 6.10. The van der Waals surface area contributed by atoms with Gasteiger partial charge in [0.2, 0.25) is 0 Å². The summed E-state index contributed by atoms with van der Waals surface area (Å²) >= 11 is 0. The fraction of sp³-hybridized carbons (Fsp3) is 1.00. The van der Waals surface area contributed by atoms with E-state index in [1.165, 1.54) is 38.5 Å². The fourth-order valence-electron chi connectivity index (χ4n) is 3.83. The molecule has 3 fully saturated rings. The number of nitrogens with zero attached hydrogens (tertiary/aromatic N) is 1. The van der Waals surface area contributed by atoms with Gasteiger partial charge in [0.15, 0.2) is 0 Å². The van der Waals surface area contributed by atoms with Crippen LogP contribution in [-0.4, -0.2) is 42.3 Å².